The molecule has 0 saturated carbocycles. The normalized spacial score (nSPS) is 17.2. The zero-order valence-corrected chi connectivity index (χ0v) is 20.9. The number of hydrogen-bond donors (Lipinski definition) is 2. The van der Waals surface area contributed by atoms with Crippen LogP contribution in [-0.4, -0.2) is 50.9 Å². The van der Waals surface area contributed by atoms with Gasteiger partial charge in [0.2, 0.25) is 5.82 Å². The largest absolute Gasteiger partial charge is 0.481 e. The fraction of sp³-hybridized carbons (Fsp3) is 0.321. The summed E-state index contributed by atoms with van der Waals surface area (Å²) in [5.41, 5.74) is 3.95. The summed E-state index contributed by atoms with van der Waals surface area (Å²) >= 11 is 1.63. The number of aliphatic hydroxyl groups excluding tert-OH is 1. The molecule has 4 aromatic rings. The van der Waals surface area contributed by atoms with Crippen LogP contribution in [0.2, 0.25) is 0 Å². The molecule has 0 spiro atoms. The zero-order chi connectivity index (χ0) is 25.1. The van der Waals surface area contributed by atoms with Crippen LogP contribution in [0.1, 0.15) is 35.8 Å². The molecule has 186 valence electrons. The lowest BCUT2D eigenvalue weighted by molar-refractivity contribution is -0.138. The first-order chi connectivity index (χ1) is 17.5. The van der Waals surface area contributed by atoms with Crippen LogP contribution in [0.3, 0.4) is 0 Å². The topological polar surface area (TPSA) is 99.7 Å². The van der Waals surface area contributed by atoms with Crippen molar-refractivity contribution in [3.05, 3.63) is 71.1 Å². The minimum absolute atomic E-state index is 0.147. The molecular weight excluding hydrogens is 474 g/mol. The van der Waals surface area contributed by atoms with Gasteiger partial charge in [-0.3, -0.25) is 4.79 Å². The van der Waals surface area contributed by atoms with E-state index in [2.05, 4.69) is 40.2 Å². The summed E-state index contributed by atoms with van der Waals surface area (Å²) in [6.07, 6.45) is 1.43. The Morgan fingerprint density at radius 2 is 1.94 bits per heavy atom. The minimum Gasteiger partial charge on any atom is -0.481 e. The van der Waals surface area contributed by atoms with Crippen molar-refractivity contribution in [2.24, 2.45) is 5.92 Å². The van der Waals surface area contributed by atoms with Crippen molar-refractivity contribution in [1.82, 2.24) is 15.0 Å². The smallest absolute Gasteiger partial charge is 0.303 e. The van der Waals surface area contributed by atoms with Gasteiger partial charge in [-0.05, 0) is 55.0 Å². The van der Waals surface area contributed by atoms with Crippen LogP contribution < -0.4 is 0 Å². The summed E-state index contributed by atoms with van der Waals surface area (Å²) in [6, 6.07) is 19.9. The Kier molecular flexibility index (Phi) is 7.27. The molecule has 8 heteroatoms. The number of β-amino-alcohol motifs (C(OH)–C–C–N with tert-alkyl or cyclic N) is 1. The van der Waals surface area contributed by atoms with E-state index in [0.29, 0.717) is 24.8 Å². The number of rotatable bonds is 8. The molecule has 0 radical (unpaired) electrons. The van der Waals surface area contributed by atoms with E-state index in [4.69, 9.17) is 9.63 Å². The highest BCUT2D eigenvalue weighted by atomic mass is 32.1. The van der Waals surface area contributed by atoms with Gasteiger partial charge in [-0.25, -0.2) is 0 Å². The number of carboxylic acids is 1. The molecule has 2 atom stereocenters. The number of benzene rings is 2. The fourth-order valence-electron chi connectivity index (χ4n) is 4.87. The van der Waals surface area contributed by atoms with Crippen molar-refractivity contribution in [3.8, 4) is 33.3 Å². The number of carbonyl (C=O) groups is 1. The van der Waals surface area contributed by atoms with Crippen molar-refractivity contribution in [2.75, 3.05) is 19.6 Å². The average molecular weight is 504 g/mol. The third-order valence-electron chi connectivity index (χ3n) is 6.69. The van der Waals surface area contributed by atoms with Crippen LogP contribution in [0.15, 0.2) is 65.2 Å². The molecule has 5 rings (SSSR count). The molecular formula is C28H29N3O4S. The van der Waals surface area contributed by atoms with E-state index in [1.54, 1.807) is 11.3 Å². The number of hydrogen-bond acceptors (Lipinski definition) is 7. The van der Waals surface area contributed by atoms with Crippen molar-refractivity contribution in [1.29, 1.82) is 0 Å². The van der Waals surface area contributed by atoms with Crippen LogP contribution >= 0.6 is 11.3 Å². The minimum atomic E-state index is -0.756. The Labute approximate surface area is 214 Å². The first-order valence-corrected chi connectivity index (χ1v) is 13.0. The average Bonchev–Trinajstić information content (AvgIpc) is 3.52. The maximum absolute atomic E-state index is 11.0. The van der Waals surface area contributed by atoms with Gasteiger partial charge in [-0.15, -0.1) is 11.3 Å². The molecule has 36 heavy (non-hydrogen) atoms. The molecule has 2 aromatic heterocycles. The van der Waals surface area contributed by atoms with E-state index < -0.39 is 12.1 Å². The van der Waals surface area contributed by atoms with Gasteiger partial charge in [0.25, 0.3) is 5.89 Å². The SMILES string of the molecule is Cc1sc(-c2nc(-c3ccc([C@H](O)CN4CCC[C@H](CC(=O)O)C4)cc3)no2)cc1-c1ccccc1. The lowest BCUT2D eigenvalue weighted by atomic mass is 9.94. The lowest BCUT2D eigenvalue weighted by Crippen LogP contribution is -2.38. The van der Waals surface area contributed by atoms with E-state index in [1.807, 2.05) is 42.5 Å². The molecule has 1 aliphatic heterocycles. The van der Waals surface area contributed by atoms with Crippen LogP contribution in [0.5, 0.6) is 0 Å². The fourth-order valence-corrected chi connectivity index (χ4v) is 5.83. The molecule has 2 N–H and O–H groups in total. The Bertz CT molecular complexity index is 1320. The van der Waals surface area contributed by atoms with E-state index in [9.17, 15) is 9.90 Å². The summed E-state index contributed by atoms with van der Waals surface area (Å²) in [4.78, 5) is 19.9. The van der Waals surface area contributed by atoms with Crippen LogP contribution in [0.25, 0.3) is 33.3 Å². The highest BCUT2D eigenvalue weighted by Crippen LogP contribution is 2.36. The van der Waals surface area contributed by atoms with Crippen molar-refractivity contribution in [3.63, 3.8) is 0 Å². The number of aryl methyl sites for hydroxylation is 1. The Morgan fingerprint density at radius 3 is 2.69 bits per heavy atom. The quantitative estimate of drug-likeness (QED) is 0.320. The molecule has 3 heterocycles. The predicted octanol–water partition coefficient (Wildman–Crippen LogP) is 5.66. The Balaban J connectivity index is 1.25. The maximum Gasteiger partial charge on any atom is 0.303 e. The lowest BCUT2D eigenvalue weighted by Gasteiger charge is -2.33. The van der Waals surface area contributed by atoms with Gasteiger partial charge in [-0.1, -0.05) is 59.8 Å². The summed E-state index contributed by atoms with van der Waals surface area (Å²) < 4.78 is 5.58. The monoisotopic (exact) mass is 503 g/mol. The Hall–Kier alpha value is -3.33. The van der Waals surface area contributed by atoms with Crippen LogP contribution in [0, 0.1) is 12.8 Å². The second-order valence-electron chi connectivity index (χ2n) is 9.37. The number of aliphatic hydroxyl groups is 1. The van der Waals surface area contributed by atoms with Gasteiger partial charge in [0, 0.05) is 30.0 Å². The third kappa shape index (κ3) is 5.56. The second kappa shape index (κ2) is 10.7. The van der Waals surface area contributed by atoms with E-state index >= 15 is 0 Å². The molecule has 0 aliphatic carbocycles. The van der Waals surface area contributed by atoms with Crippen molar-refractivity contribution < 1.29 is 19.5 Å². The van der Waals surface area contributed by atoms with Gasteiger partial charge in [0.15, 0.2) is 0 Å². The number of aromatic nitrogens is 2. The predicted molar refractivity (Wildman–Crippen MR) is 140 cm³/mol. The summed E-state index contributed by atoms with van der Waals surface area (Å²) in [6.45, 7) is 4.17. The van der Waals surface area contributed by atoms with Gasteiger partial charge in [0.1, 0.15) is 0 Å². The first kappa shape index (κ1) is 24.4. The number of carboxylic acid groups (broad SMARTS) is 1. The van der Waals surface area contributed by atoms with E-state index in [1.165, 1.54) is 4.88 Å². The third-order valence-corrected chi connectivity index (χ3v) is 7.73. The maximum atomic E-state index is 11.0. The molecule has 1 fully saturated rings. The van der Waals surface area contributed by atoms with Crippen molar-refractivity contribution in [2.45, 2.75) is 32.3 Å². The number of piperidine rings is 1. The van der Waals surface area contributed by atoms with Crippen LogP contribution in [0.4, 0.5) is 0 Å². The molecule has 0 unspecified atom stereocenters. The number of likely N-dealkylation sites (tertiary alicyclic amines) is 1. The van der Waals surface area contributed by atoms with Crippen LogP contribution in [-0.2, 0) is 4.79 Å². The zero-order valence-electron chi connectivity index (χ0n) is 20.1. The van der Waals surface area contributed by atoms with Gasteiger partial charge in [-0.2, -0.15) is 4.98 Å². The van der Waals surface area contributed by atoms with Gasteiger partial charge >= 0.3 is 5.97 Å². The van der Waals surface area contributed by atoms with Crippen molar-refractivity contribution >= 4 is 17.3 Å². The van der Waals surface area contributed by atoms with E-state index in [0.717, 1.165) is 46.5 Å². The highest BCUT2D eigenvalue weighted by molar-refractivity contribution is 7.15. The van der Waals surface area contributed by atoms with Gasteiger partial charge in [0.05, 0.1) is 11.0 Å². The number of aliphatic carboxylic acids is 1. The second-order valence-corrected chi connectivity index (χ2v) is 10.6. The summed E-state index contributed by atoms with van der Waals surface area (Å²) in [7, 11) is 0. The van der Waals surface area contributed by atoms with Gasteiger partial charge < -0.3 is 19.6 Å². The number of thiophene rings is 1. The summed E-state index contributed by atoms with van der Waals surface area (Å²) in [5.74, 6) is 0.388. The molecule has 0 amide bonds. The summed E-state index contributed by atoms with van der Waals surface area (Å²) in [5, 5.41) is 24.0. The molecule has 7 nitrogen and oxygen atoms in total. The molecule has 1 aliphatic rings. The molecule has 1 saturated heterocycles. The highest BCUT2D eigenvalue weighted by Gasteiger charge is 2.24. The standard InChI is InChI=1S/C28H29N3O4S/c1-18-23(20-7-3-2-4-8-20)15-25(36-18)28-29-27(30-35-28)22-11-9-21(10-12-22)24(32)17-31-13-5-6-19(16-31)14-26(33)34/h2-4,7-12,15,19,24,32H,5-6,13-14,16-17H2,1H3,(H,33,34)/t19-,24-/m1/s1. The first-order valence-electron chi connectivity index (χ1n) is 12.2. The molecule has 2 aromatic carbocycles. The van der Waals surface area contributed by atoms with E-state index in [-0.39, 0.29) is 12.3 Å². The Morgan fingerprint density at radius 1 is 1.17 bits per heavy atom. The number of nitrogens with zero attached hydrogens (tertiary/aromatic N) is 3. The molecule has 0 bridgehead atoms.